The zero-order valence-corrected chi connectivity index (χ0v) is 13.0. The highest BCUT2D eigenvalue weighted by Crippen LogP contribution is 2.28. The number of amides is 1. The van der Waals surface area contributed by atoms with E-state index in [1.807, 2.05) is 0 Å². The molecular formula is C13H12F3NO6S. The summed E-state index contributed by atoms with van der Waals surface area (Å²) in [4.78, 5) is 22.9. The zero-order chi connectivity index (χ0) is 18.4. The molecule has 0 aromatic heterocycles. The first-order valence-electron chi connectivity index (χ1n) is 6.32. The van der Waals surface area contributed by atoms with Gasteiger partial charge in [0, 0.05) is 12.3 Å². The largest absolute Gasteiger partial charge is 0.534 e. The van der Waals surface area contributed by atoms with Gasteiger partial charge < -0.3 is 14.2 Å². The van der Waals surface area contributed by atoms with E-state index in [0.717, 1.165) is 24.4 Å². The lowest BCUT2D eigenvalue weighted by atomic mass is 10.2. The Hall–Kier alpha value is -2.56. The van der Waals surface area contributed by atoms with Gasteiger partial charge in [-0.15, -0.1) is 0 Å². The Balaban J connectivity index is 2.94. The Morgan fingerprint density at radius 1 is 1.25 bits per heavy atom. The molecule has 0 radical (unpaired) electrons. The molecule has 0 aliphatic heterocycles. The Bertz CT molecular complexity index is 742. The summed E-state index contributed by atoms with van der Waals surface area (Å²) in [6.07, 6.45) is 1.77. The highest BCUT2D eigenvalue weighted by atomic mass is 32.2. The van der Waals surface area contributed by atoms with Gasteiger partial charge in [0.2, 0.25) is 0 Å². The maximum absolute atomic E-state index is 12.3. The molecule has 1 rings (SSSR count). The van der Waals surface area contributed by atoms with Crippen LogP contribution < -0.4 is 9.50 Å². The van der Waals surface area contributed by atoms with E-state index in [9.17, 15) is 31.2 Å². The van der Waals surface area contributed by atoms with Gasteiger partial charge in [-0.1, -0.05) is 12.1 Å². The second kappa shape index (κ2) is 7.81. The van der Waals surface area contributed by atoms with E-state index in [-0.39, 0.29) is 6.61 Å². The predicted octanol–water partition coefficient (Wildman–Crippen LogP) is 1.72. The number of esters is 1. The van der Waals surface area contributed by atoms with Gasteiger partial charge in [0.05, 0.1) is 12.2 Å². The number of carbonyl (C=O) groups excluding carboxylic acids is 2. The molecule has 1 N–H and O–H groups in total. The van der Waals surface area contributed by atoms with E-state index < -0.39 is 38.8 Å². The average Bonchev–Trinajstić information content (AvgIpc) is 2.46. The van der Waals surface area contributed by atoms with Crippen LogP contribution in [0.2, 0.25) is 0 Å². The lowest BCUT2D eigenvalue weighted by Crippen LogP contribution is -2.29. The number of ether oxygens (including phenoxy) is 1. The van der Waals surface area contributed by atoms with Crippen molar-refractivity contribution < 1.29 is 40.1 Å². The first kappa shape index (κ1) is 19.5. The topological polar surface area (TPSA) is 98.8 Å². The number of hydrogen-bond donors (Lipinski definition) is 1. The van der Waals surface area contributed by atoms with Crippen molar-refractivity contribution in [3.05, 3.63) is 42.1 Å². The number of hydrogen-bond acceptors (Lipinski definition) is 6. The highest BCUT2D eigenvalue weighted by Gasteiger charge is 2.48. The monoisotopic (exact) mass is 367 g/mol. The Kier molecular flexibility index (Phi) is 6.35. The van der Waals surface area contributed by atoms with Crippen LogP contribution >= 0.6 is 0 Å². The first-order chi connectivity index (χ1) is 11.1. The van der Waals surface area contributed by atoms with Crippen molar-refractivity contribution in [2.75, 3.05) is 6.61 Å². The molecule has 1 amide bonds. The zero-order valence-electron chi connectivity index (χ0n) is 12.2. The van der Waals surface area contributed by atoms with Crippen molar-refractivity contribution in [3.63, 3.8) is 0 Å². The molecule has 132 valence electrons. The third-order valence-electron chi connectivity index (χ3n) is 2.34. The fraction of sp³-hybridized carbons (Fsp3) is 0.231. The van der Waals surface area contributed by atoms with Crippen LogP contribution in [0.15, 0.2) is 36.5 Å². The van der Waals surface area contributed by atoms with Crippen LogP contribution in [0.5, 0.6) is 5.75 Å². The van der Waals surface area contributed by atoms with E-state index in [0.29, 0.717) is 0 Å². The molecule has 1 aromatic carbocycles. The molecule has 0 saturated heterocycles. The van der Waals surface area contributed by atoms with Gasteiger partial charge in [0.1, 0.15) is 0 Å². The third-order valence-corrected chi connectivity index (χ3v) is 3.30. The molecule has 0 saturated carbocycles. The maximum Gasteiger partial charge on any atom is 0.534 e. The van der Waals surface area contributed by atoms with Crippen molar-refractivity contribution in [2.24, 2.45) is 0 Å². The van der Waals surface area contributed by atoms with Gasteiger partial charge in [-0.25, -0.2) is 4.79 Å². The van der Waals surface area contributed by atoms with Crippen molar-refractivity contribution >= 4 is 22.0 Å². The Labute approximate surface area is 135 Å². The SMILES string of the molecule is CCOC(=O)/C=C\NC(=O)c1ccccc1OS(=O)(=O)C(F)(F)F. The molecule has 0 bridgehead atoms. The van der Waals surface area contributed by atoms with E-state index in [1.54, 1.807) is 6.92 Å². The summed E-state index contributed by atoms with van der Waals surface area (Å²) in [5.41, 5.74) is -6.11. The molecular weight excluding hydrogens is 355 g/mol. The van der Waals surface area contributed by atoms with Crippen molar-refractivity contribution in [1.29, 1.82) is 0 Å². The van der Waals surface area contributed by atoms with Gasteiger partial charge in [-0.3, -0.25) is 4.79 Å². The fourth-order valence-corrected chi connectivity index (χ4v) is 1.82. The number of rotatable bonds is 6. The molecule has 0 aliphatic rings. The number of nitrogens with one attached hydrogen (secondary N) is 1. The van der Waals surface area contributed by atoms with Crippen LogP contribution in [0.1, 0.15) is 17.3 Å². The fourth-order valence-electron chi connectivity index (χ4n) is 1.35. The van der Waals surface area contributed by atoms with E-state index in [1.165, 1.54) is 12.1 Å². The number of halogens is 3. The molecule has 0 heterocycles. The second-order valence-corrected chi connectivity index (χ2v) is 5.58. The predicted molar refractivity (Wildman–Crippen MR) is 75.3 cm³/mol. The van der Waals surface area contributed by atoms with Crippen LogP contribution in [-0.2, 0) is 19.6 Å². The summed E-state index contributed by atoms with van der Waals surface area (Å²) in [5, 5.41) is 2.08. The second-order valence-electron chi connectivity index (χ2n) is 4.04. The number of benzene rings is 1. The number of para-hydroxylation sites is 1. The Morgan fingerprint density at radius 2 is 1.88 bits per heavy atom. The number of carbonyl (C=O) groups is 2. The van der Waals surface area contributed by atoms with E-state index in [2.05, 4.69) is 14.2 Å². The summed E-state index contributed by atoms with van der Waals surface area (Å²) in [6.45, 7) is 1.68. The smallest absolute Gasteiger partial charge is 0.463 e. The summed E-state index contributed by atoms with van der Waals surface area (Å²) < 4.78 is 67.6. The third kappa shape index (κ3) is 5.26. The summed E-state index contributed by atoms with van der Waals surface area (Å²) in [6, 6.07) is 4.41. The molecule has 7 nitrogen and oxygen atoms in total. The summed E-state index contributed by atoms with van der Waals surface area (Å²) in [7, 11) is -5.92. The molecule has 1 aromatic rings. The van der Waals surface area contributed by atoms with Crippen LogP contribution in [0.3, 0.4) is 0 Å². The quantitative estimate of drug-likeness (QED) is 0.356. The summed E-state index contributed by atoms with van der Waals surface area (Å²) in [5.74, 6) is -2.54. The molecule has 0 aliphatic carbocycles. The van der Waals surface area contributed by atoms with Gasteiger partial charge in [0.25, 0.3) is 5.91 Å². The summed E-state index contributed by atoms with van der Waals surface area (Å²) >= 11 is 0. The van der Waals surface area contributed by atoms with E-state index in [4.69, 9.17) is 0 Å². The standard InChI is InChI=1S/C13H12F3NO6S/c1-2-22-11(18)7-8-17-12(19)9-5-3-4-6-10(9)23-24(20,21)13(14,15)16/h3-8H,2H2,1H3,(H,17,19)/b8-7-. The molecule has 0 atom stereocenters. The van der Waals surface area contributed by atoms with Crippen LogP contribution in [0, 0.1) is 0 Å². The minimum absolute atomic E-state index is 0.114. The first-order valence-corrected chi connectivity index (χ1v) is 7.73. The van der Waals surface area contributed by atoms with Gasteiger partial charge in [0.15, 0.2) is 5.75 Å². The van der Waals surface area contributed by atoms with Crippen LogP contribution in [0.25, 0.3) is 0 Å². The van der Waals surface area contributed by atoms with Gasteiger partial charge in [-0.2, -0.15) is 21.6 Å². The lowest BCUT2D eigenvalue weighted by molar-refractivity contribution is -0.137. The average molecular weight is 367 g/mol. The molecule has 24 heavy (non-hydrogen) atoms. The van der Waals surface area contributed by atoms with Gasteiger partial charge in [-0.05, 0) is 19.1 Å². The Morgan fingerprint density at radius 3 is 2.46 bits per heavy atom. The molecule has 0 spiro atoms. The van der Waals surface area contributed by atoms with Gasteiger partial charge >= 0.3 is 21.6 Å². The highest BCUT2D eigenvalue weighted by molar-refractivity contribution is 7.88. The number of alkyl halides is 3. The minimum Gasteiger partial charge on any atom is -0.463 e. The van der Waals surface area contributed by atoms with Crippen molar-refractivity contribution in [3.8, 4) is 5.75 Å². The van der Waals surface area contributed by atoms with Crippen molar-refractivity contribution in [2.45, 2.75) is 12.4 Å². The maximum atomic E-state index is 12.3. The van der Waals surface area contributed by atoms with Crippen LogP contribution in [-0.4, -0.2) is 32.4 Å². The minimum atomic E-state index is -5.92. The van der Waals surface area contributed by atoms with E-state index >= 15 is 0 Å². The molecule has 11 heteroatoms. The lowest BCUT2D eigenvalue weighted by Gasteiger charge is -2.12. The van der Waals surface area contributed by atoms with Crippen molar-refractivity contribution in [1.82, 2.24) is 5.32 Å². The molecule has 0 fully saturated rings. The molecule has 0 unspecified atom stereocenters. The van der Waals surface area contributed by atoms with Crippen LogP contribution in [0.4, 0.5) is 13.2 Å². The normalized spacial score (nSPS) is 12.0.